The standard InChI is InChI=1S/C25H28N4O2/c1-7-23(30)27-19-11-12-22(29(6)24-16(2)9-8-10-17(24)3)20(14-19)18-13-21(26-4)25(31)28(5)15-18/h7-15,26H,1H2,2-6H3,(H,27,30). The predicted octanol–water partition coefficient (Wildman–Crippen LogP) is 4.60. The Morgan fingerprint density at radius 1 is 1.13 bits per heavy atom. The zero-order valence-electron chi connectivity index (χ0n) is 18.6. The number of carbonyl (C=O) groups is 1. The molecule has 1 heterocycles. The number of amides is 1. The Labute approximate surface area is 182 Å². The molecule has 0 radical (unpaired) electrons. The third kappa shape index (κ3) is 4.38. The molecule has 0 unspecified atom stereocenters. The summed E-state index contributed by atoms with van der Waals surface area (Å²) >= 11 is 0. The van der Waals surface area contributed by atoms with Gasteiger partial charge in [0.15, 0.2) is 0 Å². The Bertz CT molecular complexity index is 1190. The highest BCUT2D eigenvalue weighted by atomic mass is 16.1. The number of hydrogen-bond acceptors (Lipinski definition) is 4. The van der Waals surface area contributed by atoms with Crippen LogP contribution in [-0.2, 0) is 11.8 Å². The Balaban J connectivity index is 2.25. The fraction of sp³-hybridized carbons (Fsp3) is 0.200. The lowest BCUT2D eigenvalue weighted by atomic mass is 10.0. The number of benzene rings is 2. The quantitative estimate of drug-likeness (QED) is 0.576. The second-order valence-corrected chi connectivity index (χ2v) is 7.53. The van der Waals surface area contributed by atoms with Gasteiger partial charge in [0.25, 0.3) is 5.56 Å². The molecule has 0 spiro atoms. The van der Waals surface area contributed by atoms with E-state index < -0.39 is 0 Å². The summed E-state index contributed by atoms with van der Waals surface area (Å²) in [5.74, 6) is -0.279. The van der Waals surface area contributed by atoms with Crippen LogP contribution in [0.15, 0.2) is 66.1 Å². The molecular weight excluding hydrogens is 388 g/mol. The number of para-hydroxylation sites is 1. The molecule has 0 saturated heterocycles. The lowest BCUT2D eigenvalue weighted by molar-refractivity contribution is -0.111. The van der Waals surface area contributed by atoms with Gasteiger partial charge in [-0.15, -0.1) is 0 Å². The molecule has 31 heavy (non-hydrogen) atoms. The van der Waals surface area contributed by atoms with E-state index in [1.807, 2.05) is 37.4 Å². The van der Waals surface area contributed by atoms with Gasteiger partial charge in [-0.05, 0) is 55.3 Å². The van der Waals surface area contributed by atoms with Crippen LogP contribution in [0.1, 0.15) is 11.1 Å². The SMILES string of the molecule is C=CC(=O)Nc1ccc(N(C)c2c(C)cccc2C)c(-c2cc(NC)c(=O)n(C)c2)c1. The fourth-order valence-corrected chi connectivity index (χ4v) is 3.82. The number of pyridine rings is 1. The van der Waals surface area contributed by atoms with Crippen molar-refractivity contribution in [2.24, 2.45) is 7.05 Å². The zero-order chi connectivity index (χ0) is 22.7. The van der Waals surface area contributed by atoms with Crippen LogP contribution < -0.4 is 21.1 Å². The number of anilines is 4. The lowest BCUT2D eigenvalue weighted by Gasteiger charge is -2.27. The summed E-state index contributed by atoms with van der Waals surface area (Å²) in [4.78, 5) is 26.4. The number of rotatable bonds is 6. The average Bonchev–Trinajstić information content (AvgIpc) is 2.75. The minimum atomic E-state index is -0.279. The first kappa shape index (κ1) is 21.9. The van der Waals surface area contributed by atoms with Gasteiger partial charge in [0.05, 0.1) is 0 Å². The van der Waals surface area contributed by atoms with Crippen LogP contribution in [-0.4, -0.2) is 24.6 Å². The number of hydrogen-bond donors (Lipinski definition) is 2. The van der Waals surface area contributed by atoms with Gasteiger partial charge in [-0.25, -0.2) is 0 Å². The van der Waals surface area contributed by atoms with E-state index in [-0.39, 0.29) is 11.5 Å². The molecule has 0 aliphatic heterocycles. The maximum Gasteiger partial charge on any atom is 0.273 e. The maximum atomic E-state index is 12.4. The summed E-state index contributed by atoms with van der Waals surface area (Å²) in [6, 6.07) is 13.8. The molecule has 2 aromatic carbocycles. The molecule has 0 aliphatic carbocycles. The minimum Gasteiger partial charge on any atom is -0.384 e. The Kier molecular flexibility index (Phi) is 6.30. The molecule has 2 N–H and O–H groups in total. The summed E-state index contributed by atoms with van der Waals surface area (Å²) in [6.07, 6.45) is 3.04. The van der Waals surface area contributed by atoms with Crippen molar-refractivity contribution in [2.45, 2.75) is 13.8 Å². The van der Waals surface area contributed by atoms with E-state index in [1.165, 1.54) is 6.08 Å². The van der Waals surface area contributed by atoms with Crippen LogP contribution in [0.3, 0.4) is 0 Å². The van der Waals surface area contributed by atoms with Gasteiger partial charge in [-0.2, -0.15) is 0 Å². The van der Waals surface area contributed by atoms with Crippen molar-refractivity contribution in [2.75, 3.05) is 29.6 Å². The highest BCUT2D eigenvalue weighted by Gasteiger charge is 2.17. The first-order valence-electron chi connectivity index (χ1n) is 10.0. The van der Waals surface area contributed by atoms with E-state index in [9.17, 15) is 9.59 Å². The van der Waals surface area contributed by atoms with Crippen molar-refractivity contribution in [3.63, 3.8) is 0 Å². The largest absolute Gasteiger partial charge is 0.384 e. The summed E-state index contributed by atoms with van der Waals surface area (Å²) in [5.41, 5.74) is 7.18. The third-order valence-electron chi connectivity index (χ3n) is 5.35. The molecule has 3 aromatic rings. The van der Waals surface area contributed by atoms with Crippen molar-refractivity contribution >= 4 is 28.7 Å². The predicted molar refractivity (Wildman–Crippen MR) is 129 cm³/mol. The number of nitrogens with one attached hydrogen (secondary N) is 2. The van der Waals surface area contributed by atoms with Crippen molar-refractivity contribution < 1.29 is 4.79 Å². The fourth-order valence-electron chi connectivity index (χ4n) is 3.82. The Morgan fingerprint density at radius 3 is 2.42 bits per heavy atom. The molecule has 1 aromatic heterocycles. The molecule has 0 atom stereocenters. The monoisotopic (exact) mass is 416 g/mol. The van der Waals surface area contributed by atoms with Gasteiger partial charge in [0.1, 0.15) is 5.69 Å². The van der Waals surface area contributed by atoms with Crippen molar-refractivity contribution in [3.05, 3.63) is 82.8 Å². The van der Waals surface area contributed by atoms with Gasteiger partial charge in [-0.3, -0.25) is 9.59 Å². The van der Waals surface area contributed by atoms with Crippen LogP contribution in [0.25, 0.3) is 11.1 Å². The second-order valence-electron chi connectivity index (χ2n) is 7.53. The topological polar surface area (TPSA) is 66.4 Å². The molecular formula is C25H28N4O2. The van der Waals surface area contributed by atoms with E-state index in [4.69, 9.17) is 0 Å². The highest BCUT2D eigenvalue weighted by Crippen LogP contribution is 2.38. The summed E-state index contributed by atoms with van der Waals surface area (Å²) in [5, 5.41) is 5.80. The van der Waals surface area contributed by atoms with Crippen LogP contribution in [0.5, 0.6) is 0 Å². The van der Waals surface area contributed by atoms with Gasteiger partial charge in [-0.1, -0.05) is 24.8 Å². The van der Waals surface area contributed by atoms with Crippen LogP contribution in [0.4, 0.5) is 22.7 Å². The maximum absolute atomic E-state index is 12.4. The second kappa shape index (κ2) is 8.92. The third-order valence-corrected chi connectivity index (χ3v) is 5.35. The molecule has 1 amide bonds. The number of nitrogens with zero attached hydrogens (tertiary/aromatic N) is 2. The van der Waals surface area contributed by atoms with Crippen LogP contribution >= 0.6 is 0 Å². The number of carbonyl (C=O) groups excluding carboxylic acids is 1. The zero-order valence-corrected chi connectivity index (χ0v) is 18.6. The van der Waals surface area contributed by atoms with E-state index in [0.717, 1.165) is 33.6 Å². The van der Waals surface area contributed by atoms with Crippen molar-refractivity contribution in [1.29, 1.82) is 0 Å². The van der Waals surface area contributed by atoms with E-state index in [0.29, 0.717) is 11.4 Å². The first-order chi connectivity index (χ1) is 14.8. The van der Waals surface area contributed by atoms with Crippen molar-refractivity contribution in [1.82, 2.24) is 4.57 Å². The molecule has 6 heteroatoms. The molecule has 0 bridgehead atoms. The first-order valence-corrected chi connectivity index (χ1v) is 10.0. The Hall–Kier alpha value is -3.80. The summed E-state index contributed by atoms with van der Waals surface area (Å²) in [7, 11) is 5.48. The Morgan fingerprint density at radius 2 is 1.81 bits per heavy atom. The average molecular weight is 417 g/mol. The van der Waals surface area contributed by atoms with Gasteiger partial charge >= 0.3 is 0 Å². The van der Waals surface area contributed by atoms with Crippen LogP contribution in [0, 0.1) is 13.8 Å². The van der Waals surface area contributed by atoms with E-state index >= 15 is 0 Å². The molecule has 0 saturated carbocycles. The number of aryl methyl sites for hydroxylation is 3. The van der Waals surface area contributed by atoms with Gasteiger partial charge < -0.3 is 20.1 Å². The molecule has 3 rings (SSSR count). The minimum absolute atomic E-state index is 0.105. The van der Waals surface area contributed by atoms with Gasteiger partial charge in [0, 0.05) is 55.5 Å². The van der Waals surface area contributed by atoms with Crippen molar-refractivity contribution in [3.8, 4) is 11.1 Å². The van der Waals surface area contributed by atoms with Crippen LogP contribution in [0.2, 0.25) is 0 Å². The summed E-state index contributed by atoms with van der Waals surface area (Å²) in [6.45, 7) is 7.69. The molecule has 0 aliphatic rings. The normalized spacial score (nSPS) is 10.5. The smallest absolute Gasteiger partial charge is 0.273 e. The summed E-state index contributed by atoms with van der Waals surface area (Å²) < 4.78 is 1.55. The number of aromatic nitrogens is 1. The highest BCUT2D eigenvalue weighted by molar-refractivity contribution is 6.00. The lowest BCUT2D eigenvalue weighted by Crippen LogP contribution is -2.20. The molecule has 0 fully saturated rings. The molecule has 6 nitrogen and oxygen atoms in total. The van der Waals surface area contributed by atoms with Gasteiger partial charge in [0.2, 0.25) is 5.91 Å². The van der Waals surface area contributed by atoms with E-state index in [1.54, 1.807) is 24.9 Å². The van der Waals surface area contributed by atoms with E-state index in [2.05, 4.69) is 48.1 Å². The molecule has 160 valence electrons.